The number of hydrogen-bond acceptors (Lipinski definition) is 23. The van der Waals surface area contributed by atoms with Gasteiger partial charge in [-0.2, -0.15) is 0 Å². The number of carbonyl (C=O) groups excluding carboxylic acids is 9. The van der Waals surface area contributed by atoms with Crippen molar-refractivity contribution in [2.75, 3.05) is 20.2 Å². The minimum absolute atomic E-state index is 0.0159. The molecule has 5 aromatic rings. The van der Waals surface area contributed by atoms with Crippen LogP contribution in [0.2, 0.25) is 5.02 Å². The molecule has 6 aliphatic heterocycles. The van der Waals surface area contributed by atoms with Gasteiger partial charge >= 0.3 is 6.09 Å². The number of ether oxygens (including phenoxy) is 5. The third-order valence-corrected chi connectivity index (χ3v) is 18.4. The standard InChI is InChI=1S/C73H91ClN10O22/c1-9-10-11-12-13-14-21-77-72(101)102-38-28-40-52(45(87)29-38)39-24-34(15-18-44(39)86)53-66(96)83-57(69(99)81-55(40)70(100)84-73(5,6)7)59(90)36-17-20-47(41(74)25-36)104-49-27-37-26-48(63(49)106-71-62(93)61(92)60(91)50(31-85)105-71)103-46-19-16-35(23-33(46)4)58(89)56(82-64(94)42(76-8)22-32(2)3)68(98)78-43(30-51(75)88)65(95)79-54(37)67(97)80-53/h15-20,23-29,32,42-43,50,53-62,71,76,85-87,89-93H,9-14,21-22,30-31H2,1-8H3,(H2,75,88)(H,77,101)(H,78,98)(H,79,95)(H,80,97)(H,81,99)(H,82,94)(H,83,96)(H,84,100)/t42-,43+,50-,53-,54-,55+,56-,57+,58-,59-,60-,61+,62-,71+/m1/s1. The van der Waals surface area contributed by atoms with Crippen molar-refractivity contribution in [2.24, 2.45) is 11.7 Å². The number of carbonyl (C=O) groups is 9. The lowest BCUT2D eigenvalue weighted by atomic mass is 9.89. The van der Waals surface area contributed by atoms with Crippen LogP contribution < -0.4 is 72.5 Å². The summed E-state index contributed by atoms with van der Waals surface area (Å²) < 4.78 is 31.1. The van der Waals surface area contributed by atoms with E-state index in [1.54, 1.807) is 20.8 Å². The molecule has 1 saturated heterocycles. The predicted octanol–water partition coefficient (Wildman–Crippen LogP) is 3.10. The SMILES string of the molecule is CCCCCCCCNC(=O)Oc1cc(O)c2c(c1)[C@@H](C(=O)NC(C)(C)C)NC(=O)[C@H]1NC(=O)[C@H](NC(=O)[C@@H]3NC(=O)[C@H](CC(N)=O)NC(=O)[C@H](NC(=O)[C@@H](CC(C)C)NC)[C@H](O)c4ccc(c(C)c4)Oc4cc3cc(c4O[C@@H]3O[C@H](CO)[C@@H](O)[C@H](O)[C@H]3O)Oc3ccc(cc3Cl)[C@H]1O)c1ccc(O)c-2c1. The van der Waals surface area contributed by atoms with Gasteiger partial charge in [-0.1, -0.05) is 82.7 Å². The molecule has 0 aliphatic carbocycles. The van der Waals surface area contributed by atoms with Gasteiger partial charge in [0.25, 0.3) is 0 Å². The first-order chi connectivity index (χ1) is 50.2. The molecule has 32 nitrogen and oxygen atoms in total. The molecule has 19 N–H and O–H groups in total. The van der Waals surface area contributed by atoms with Gasteiger partial charge in [0.15, 0.2) is 11.5 Å². The molecule has 14 atom stereocenters. The van der Waals surface area contributed by atoms with Crippen LogP contribution in [0.15, 0.2) is 78.9 Å². The van der Waals surface area contributed by atoms with Crippen LogP contribution in [-0.4, -0.2) is 175 Å². The summed E-state index contributed by atoms with van der Waals surface area (Å²) in [5.74, 6) is -13.6. The number of amides is 9. The number of aliphatic hydroxyl groups excluding tert-OH is 6. The minimum atomic E-state index is -2.29. The molecule has 6 aliphatic rings. The van der Waals surface area contributed by atoms with E-state index in [2.05, 4.69) is 54.8 Å². The van der Waals surface area contributed by atoms with Crippen LogP contribution in [0.3, 0.4) is 0 Å². The average molecular weight is 1500 g/mol. The Bertz CT molecular complexity index is 4140. The highest BCUT2D eigenvalue weighted by Crippen LogP contribution is 2.49. The van der Waals surface area contributed by atoms with E-state index in [4.69, 9.17) is 41.0 Å². The summed E-state index contributed by atoms with van der Waals surface area (Å²) in [6.07, 6.45) is -10.2. The molecule has 33 heteroatoms. The number of fused-ring (bicyclic) bond motifs is 15. The summed E-state index contributed by atoms with van der Waals surface area (Å²) in [6, 6.07) is 1.41. The number of nitrogens with two attached hydrogens (primary N) is 1. The van der Waals surface area contributed by atoms with E-state index in [9.17, 15) is 64.8 Å². The van der Waals surface area contributed by atoms with Crippen molar-refractivity contribution in [3.8, 4) is 57.1 Å². The Balaban J connectivity index is 1.29. The Hall–Kier alpha value is -9.90. The zero-order chi connectivity index (χ0) is 77.3. The normalized spacial score (nSPS) is 24.3. The van der Waals surface area contributed by atoms with Gasteiger partial charge in [-0.3, -0.25) is 38.4 Å². The fraction of sp³-hybridized carbons (Fsp3) is 0.466. The van der Waals surface area contributed by atoms with Crippen molar-refractivity contribution in [2.45, 2.75) is 191 Å². The number of rotatable bonds is 19. The minimum Gasteiger partial charge on any atom is -0.507 e. The lowest BCUT2D eigenvalue weighted by molar-refractivity contribution is -0.277. The molecule has 1 fully saturated rings. The van der Waals surface area contributed by atoms with Crippen LogP contribution in [0, 0.1) is 12.8 Å². The highest BCUT2D eigenvalue weighted by Gasteiger charge is 2.47. The Kier molecular flexibility index (Phi) is 26.1. The van der Waals surface area contributed by atoms with E-state index in [0.717, 1.165) is 80.6 Å². The first kappa shape index (κ1) is 80.2. The average Bonchev–Trinajstić information content (AvgIpc) is 0.764. The van der Waals surface area contributed by atoms with E-state index in [1.807, 2.05) is 13.8 Å². The van der Waals surface area contributed by atoms with Crippen molar-refractivity contribution in [3.05, 3.63) is 117 Å². The second-order valence-electron chi connectivity index (χ2n) is 28.0. The van der Waals surface area contributed by atoms with E-state index >= 15 is 19.2 Å². The van der Waals surface area contributed by atoms with Gasteiger partial charge in [0.1, 0.15) is 102 Å². The number of primary amides is 1. The number of phenols is 2. The van der Waals surface area contributed by atoms with Gasteiger partial charge in [-0.25, -0.2) is 4.79 Å². The number of aryl methyl sites for hydroxylation is 1. The van der Waals surface area contributed by atoms with Crippen molar-refractivity contribution in [3.63, 3.8) is 0 Å². The lowest BCUT2D eigenvalue weighted by Gasteiger charge is -2.39. The molecule has 0 radical (unpaired) electrons. The second kappa shape index (κ2) is 34.6. The highest BCUT2D eigenvalue weighted by molar-refractivity contribution is 6.32. The number of phenolic OH excluding ortho intramolecular Hbond substituents is 2. The van der Waals surface area contributed by atoms with Gasteiger partial charge in [0.2, 0.25) is 59.3 Å². The molecular formula is C73H91ClN10O22. The highest BCUT2D eigenvalue weighted by atomic mass is 35.5. The number of unbranched alkanes of at least 4 members (excludes halogenated alkanes) is 5. The van der Waals surface area contributed by atoms with Gasteiger partial charge in [-0.05, 0) is 141 Å². The molecule has 572 valence electrons. The van der Waals surface area contributed by atoms with Crippen LogP contribution in [0.4, 0.5) is 4.79 Å². The zero-order valence-electron chi connectivity index (χ0n) is 59.5. The van der Waals surface area contributed by atoms with E-state index in [0.29, 0.717) is 6.42 Å². The Morgan fingerprint density at radius 3 is 1.95 bits per heavy atom. The molecule has 106 heavy (non-hydrogen) atoms. The summed E-state index contributed by atoms with van der Waals surface area (Å²) in [5, 5.41) is 116. The summed E-state index contributed by atoms with van der Waals surface area (Å²) in [5.41, 5.74) is 2.81. The third kappa shape index (κ3) is 19.0. The van der Waals surface area contributed by atoms with Gasteiger partial charge in [0, 0.05) is 29.3 Å². The van der Waals surface area contributed by atoms with E-state index < -0.39 is 197 Å². The number of aliphatic hydroxyl groups is 6. The van der Waals surface area contributed by atoms with Crippen LogP contribution in [-0.2, 0) is 43.1 Å². The topological polar surface area (TPSA) is 496 Å². The number of benzene rings is 5. The molecule has 0 unspecified atom stereocenters. The molecule has 11 bridgehead atoms. The van der Waals surface area contributed by atoms with Crippen molar-refractivity contribution in [1.82, 2.24) is 47.9 Å². The maximum atomic E-state index is 16.1. The van der Waals surface area contributed by atoms with Crippen LogP contribution in [0.25, 0.3) is 11.1 Å². The van der Waals surface area contributed by atoms with Crippen molar-refractivity contribution >= 4 is 65.0 Å². The molecule has 0 spiro atoms. The maximum Gasteiger partial charge on any atom is 0.412 e. The molecular weight excluding hydrogens is 1400 g/mol. The number of likely N-dealkylation sites (N-methyl/N-ethyl adjacent to an activating group) is 1. The molecule has 11 rings (SSSR count). The van der Waals surface area contributed by atoms with Crippen molar-refractivity contribution in [1.29, 1.82) is 0 Å². The first-order valence-electron chi connectivity index (χ1n) is 34.7. The number of aromatic hydroxyl groups is 2. The van der Waals surface area contributed by atoms with E-state index in [-0.39, 0.29) is 74.5 Å². The van der Waals surface area contributed by atoms with E-state index in [1.165, 1.54) is 44.3 Å². The summed E-state index contributed by atoms with van der Waals surface area (Å²) >= 11 is 7.09. The maximum absolute atomic E-state index is 16.1. The quantitative estimate of drug-likeness (QED) is 0.0528. The Morgan fingerprint density at radius 2 is 1.31 bits per heavy atom. The molecule has 0 saturated carbocycles. The van der Waals surface area contributed by atoms with Crippen molar-refractivity contribution < 1.29 is 108 Å². The summed E-state index contributed by atoms with van der Waals surface area (Å²) in [7, 11) is 1.50. The zero-order valence-corrected chi connectivity index (χ0v) is 60.2. The molecule has 6 heterocycles. The molecule has 9 amide bonds. The fourth-order valence-electron chi connectivity index (χ4n) is 12.7. The smallest absolute Gasteiger partial charge is 0.412 e. The second-order valence-corrected chi connectivity index (χ2v) is 28.4. The number of halogens is 1. The summed E-state index contributed by atoms with van der Waals surface area (Å²) in [4.78, 5) is 133. The number of nitrogens with one attached hydrogen (secondary N) is 9. The van der Waals surface area contributed by atoms with Crippen LogP contribution >= 0.6 is 11.6 Å². The Labute approximate surface area is 614 Å². The number of hydrogen-bond donors (Lipinski definition) is 18. The van der Waals surface area contributed by atoms with Gasteiger partial charge < -0.3 is 118 Å². The molecule has 5 aromatic carbocycles. The van der Waals surface area contributed by atoms with Crippen LogP contribution in [0.1, 0.15) is 157 Å². The Morgan fingerprint density at radius 1 is 0.679 bits per heavy atom. The first-order valence-corrected chi connectivity index (χ1v) is 35.1. The largest absolute Gasteiger partial charge is 0.507 e. The summed E-state index contributed by atoms with van der Waals surface area (Å²) in [6.45, 7) is 11.4. The predicted molar refractivity (Wildman–Crippen MR) is 379 cm³/mol. The molecule has 0 aromatic heterocycles. The lowest BCUT2D eigenvalue weighted by Crippen LogP contribution is -2.60. The monoisotopic (exact) mass is 1490 g/mol. The fourth-order valence-corrected chi connectivity index (χ4v) is 12.9. The van der Waals surface area contributed by atoms with Crippen LogP contribution in [0.5, 0.6) is 46.0 Å². The van der Waals surface area contributed by atoms with Gasteiger partial charge in [-0.15, -0.1) is 0 Å². The van der Waals surface area contributed by atoms with Gasteiger partial charge in [0.05, 0.1) is 24.1 Å². The third-order valence-electron chi connectivity index (χ3n) is 18.1.